The van der Waals surface area contributed by atoms with Crippen LogP contribution in [0.2, 0.25) is 0 Å². The molecule has 0 aliphatic rings. The van der Waals surface area contributed by atoms with Gasteiger partial charge in [0.1, 0.15) is 0 Å². The molecule has 0 unspecified atom stereocenters. The highest BCUT2D eigenvalue weighted by molar-refractivity contribution is 6.16. The standard InChI is InChI=1S/C13H21ClN2O/c1-11(2)10-16(6-7-17-3)13-4-5-15-12(8-13)9-14/h4-5,8,11H,6-7,9-10H2,1-3H3. The quantitative estimate of drug-likeness (QED) is 0.702. The molecule has 96 valence electrons. The molecule has 3 nitrogen and oxygen atoms in total. The highest BCUT2D eigenvalue weighted by atomic mass is 35.5. The minimum absolute atomic E-state index is 0.452. The number of hydrogen-bond acceptors (Lipinski definition) is 3. The minimum Gasteiger partial charge on any atom is -0.383 e. The Morgan fingerprint density at radius 3 is 2.82 bits per heavy atom. The molecule has 17 heavy (non-hydrogen) atoms. The van der Waals surface area contributed by atoms with Gasteiger partial charge in [-0.2, -0.15) is 0 Å². The summed E-state index contributed by atoms with van der Waals surface area (Å²) >= 11 is 5.81. The van der Waals surface area contributed by atoms with E-state index >= 15 is 0 Å². The summed E-state index contributed by atoms with van der Waals surface area (Å²) in [5.74, 6) is 1.06. The lowest BCUT2D eigenvalue weighted by Gasteiger charge is -2.26. The third-order valence-corrected chi connectivity index (χ3v) is 2.73. The van der Waals surface area contributed by atoms with E-state index in [0.29, 0.717) is 11.8 Å². The second-order valence-corrected chi connectivity index (χ2v) is 4.74. The normalized spacial score (nSPS) is 10.9. The average Bonchev–Trinajstić information content (AvgIpc) is 2.34. The van der Waals surface area contributed by atoms with Crippen molar-refractivity contribution in [1.82, 2.24) is 4.98 Å². The molecule has 0 amide bonds. The molecule has 0 aliphatic heterocycles. The molecule has 0 atom stereocenters. The highest BCUT2D eigenvalue weighted by Gasteiger charge is 2.09. The Hall–Kier alpha value is -0.800. The van der Waals surface area contributed by atoms with Crippen molar-refractivity contribution in [3.63, 3.8) is 0 Å². The summed E-state index contributed by atoms with van der Waals surface area (Å²) in [5.41, 5.74) is 2.08. The van der Waals surface area contributed by atoms with E-state index in [-0.39, 0.29) is 0 Å². The van der Waals surface area contributed by atoms with E-state index < -0.39 is 0 Å². The van der Waals surface area contributed by atoms with E-state index in [1.807, 2.05) is 18.3 Å². The molecule has 0 N–H and O–H groups in total. The molecule has 0 spiro atoms. The fraction of sp³-hybridized carbons (Fsp3) is 0.615. The molecule has 0 aromatic carbocycles. The molecular weight excluding hydrogens is 236 g/mol. The number of methoxy groups -OCH3 is 1. The first-order chi connectivity index (χ1) is 8.17. The Balaban J connectivity index is 2.78. The fourth-order valence-corrected chi connectivity index (χ4v) is 1.85. The van der Waals surface area contributed by atoms with Crippen LogP contribution in [0.4, 0.5) is 5.69 Å². The van der Waals surface area contributed by atoms with Gasteiger partial charge in [-0.1, -0.05) is 13.8 Å². The predicted molar refractivity (Wildman–Crippen MR) is 72.7 cm³/mol. The monoisotopic (exact) mass is 256 g/mol. The van der Waals surface area contributed by atoms with Crippen molar-refractivity contribution in [1.29, 1.82) is 0 Å². The van der Waals surface area contributed by atoms with Gasteiger partial charge < -0.3 is 9.64 Å². The van der Waals surface area contributed by atoms with Crippen molar-refractivity contribution < 1.29 is 4.74 Å². The average molecular weight is 257 g/mol. The molecule has 1 aromatic rings. The van der Waals surface area contributed by atoms with Crippen LogP contribution in [-0.4, -0.2) is 31.8 Å². The number of hydrogen-bond donors (Lipinski definition) is 0. The SMILES string of the molecule is COCCN(CC(C)C)c1ccnc(CCl)c1. The summed E-state index contributed by atoms with van der Waals surface area (Å²) in [6.07, 6.45) is 1.81. The number of anilines is 1. The first-order valence-corrected chi connectivity index (χ1v) is 6.45. The number of halogens is 1. The van der Waals surface area contributed by atoms with Gasteiger partial charge in [-0.15, -0.1) is 11.6 Å². The maximum Gasteiger partial charge on any atom is 0.0648 e. The second-order valence-electron chi connectivity index (χ2n) is 4.47. The number of nitrogens with zero attached hydrogens (tertiary/aromatic N) is 2. The summed E-state index contributed by atoms with van der Waals surface area (Å²) in [7, 11) is 1.73. The van der Waals surface area contributed by atoms with E-state index in [2.05, 4.69) is 23.7 Å². The van der Waals surface area contributed by atoms with Crippen molar-refractivity contribution in [3.8, 4) is 0 Å². The lowest BCUT2D eigenvalue weighted by Crippen LogP contribution is -2.31. The van der Waals surface area contributed by atoms with Gasteiger partial charge in [-0.3, -0.25) is 4.98 Å². The molecule has 1 rings (SSSR count). The zero-order chi connectivity index (χ0) is 12.7. The Bertz CT molecular complexity index is 331. The van der Waals surface area contributed by atoms with Crippen LogP contribution >= 0.6 is 11.6 Å². The summed E-state index contributed by atoms with van der Waals surface area (Å²) in [5, 5.41) is 0. The Labute approximate surface area is 109 Å². The molecule has 0 bridgehead atoms. The van der Waals surface area contributed by atoms with Crippen molar-refractivity contribution in [2.45, 2.75) is 19.7 Å². The number of pyridine rings is 1. The molecule has 1 aromatic heterocycles. The first-order valence-electron chi connectivity index (χ1n) is 5.92. The van der Waals surface area contributed by atoms with Crippen molar-refractivity contribution in [2.24, 2.45) is 5.92 Å². The molecule has 0 saturated heterocycles. The van der Waals surface area contributed by atoms with Crippen molar-refractivity contribution >= 4 is 17.3 Å². The molecule has 0 saturated carbocycles. The summed E-state index contributed by atoms with van der Waals surface area (Å²) < 4.78 is 5.15. The first kappa shape index (κ1) is 14.3. The van der Waals surface area contributed by atoms with Crippen molar-refractivity contribution in [3.05, 3.63) is 24.0 Å². The van der Waals surface area contributed by atoms with Gasteiger partial charge in [0.15, 0.2) is 0 Å². The van der Waals surface area contributed by atoms with Gasteiger partial charge in [0.2, 0.25) is 0 Å². The Morgan fingerprint density at radius 2 is 2.24 bits per heavy atom. The Morgan fingerprint density at radius 1 is 1.47 bits per heavy atom. The van der Waals surface area contributed by atoms with Gasteiger partial charge in [0, 0.05) is 32.1 Å². The van der Waals surface area contributed by atoms with Gasteiger partial charge in [-0.05, 0) is 18.1 Å². The molecule has 0 radical (unpaired) electrons. The molecule has 0 fully saturated rings. The second kappa shape index (κ2) is 7.51. The van der Waals surface area contributed by atoms with Crippen LogP contribution in [0.25, 0.3) is 0 Å². The summed E-state index contributed by atoms with van der Waals surface area (Å²) in [4.78, 5) is 6.52. The van der Waals surface area contributed by atoms with Crippen LogP contribution in [0.1, 0.15) is 19.5 Å². The summed E-state index contributed by atoms with van der Waals surface area (Å²) in [6, 6.07) is 4.07. The Kier molecular flexibility index (Phi) is 6.30. The van der Waals surface area contributed by atoms with E-state index in [4.69, 9.17) is 16.3 Å². The largest absolute Gasteiger partial charge is 0.383 e. The molecular formula is C13H21ClN2O. The molecule has 4 heteroatoms. The van der Waals surface area contributed by atoms with Crippen LogP contribution < -0.4 is 4.90 Å². The third-order valence-electron chi connectivity index (χ3n) is 2.45. The third kappa shape index (κ3) is 4.92. The van der Waals surface area contributed by atoms with Gasteiger partial charge in [-0.25, -0.2) is 0 Å². The fourth-order valence-electron chi connectivity index (χ4n) is 1.70. The lowest BCUT2D eigenvalue weighted by molar-refractivity contribution is 0.204. The topological polar surface area (TPSA) is 25.4 Å². The smallest absolute Gasteiger partial charge is 0.0648 e. The summed E-state index contributed by atoms with van der Waals surface area (Å²) in [6.45, 7) is 7.05. The minimum atomic E-state index is 0.452. The maximum absolute atomic E-state index is 5.81. The molecule has 0 aliphatic carbocycles. The van der Waals surface area contributed by atoms with Gasteiger partial charge >= 0.3 is 0 Å². The predicted octanol–water partition coefficient (Wildman–Crippen LogP) is 2.93. The van der Waals surface area contributed by atoms with E-state index in [0.717, 1.165) is 25.4 Å². The molecule has 1 heterocycles. The zero-order valence-corrected chi connectivity index (χ0v) is 11.6. The van der Waals surface area contributed by atoms with Crippen LogP contribution in [-0.2, 0) is 10.6 Å². The number of alkyl halides is 1. The highest BCUT2D eigenvalue weighted by Crippen LogP contribution is 2.17. The lowest BCUT2D eigenvalue weighted by atomic mass is 10.2. The van der Waals surface area contributed by atoms with Crippen LogP contribution in [0.3, 0.4) is 0 Å². The van der Waals surface area contributed by atoms with E-state index in [1.54, 1.807) is 7.11 Å². The number of aromatic nitrogens is 1. The number of ether oxygens (including phenoxy) is 1. The van der Waals surface area contributed by atoms with Crippen LogP contribution in [0.5, 0.6) is 0 Å². The number of rotatable bonds is 7. The van der Waals surface area contributed by atoms with E-state index in [9.17, 15) is 0 Å². The van der Waals surface area contributed by atoms with Crippen LogP contribution in [0.15, 0.2) is 18.3 Å². The van der Waals surface area contributed by atoms with Gasteiger partial charge in [0.05, 0.1) is 18.2 Å². The van der Waals surface area contributed by atoms with Crippen molar-refractivity contribution in [2.75, 3.05) is 31.7 Å². The maximum atomic E-state index is 5.81. The van der Waals surface area contributed by atoms with E-state index in [1.165, 1.54) is 5.69 Å². The van der Waals surface area contributed by atoms with Gasteiger partial charge in [0.25, 0.3) is 0 Å². The zero-order valence-electron chi connectivity index (χ0n) is 10.8. The van der Waals surface area contributed by atoms with Crippen LogP contribution in [0, 0.1) is 5.92 Å².